The molecule has 0 unspecified atom stereocenters. The molecule has 1 aromatic rings. The van der Waals surface area contributed by atoms with Crippen LogP contribution in [0.5, 0.6) is 5.75 Å². The molecule has 2 N–H and O–H groups in total. The van der Waals surface area contributed by atoms with E-state index in [9.17, 15) is 8.78 Å². The van der Waals surface area contributed by atoms with Gasteiger partial charge in [0.15, 0.2) is 5.96 Å². The van der Waals surface area contributed by atoms with Crippen molar-refractivity contribution in [1.29, 1.82) is 0 Å². The smallest absolute Gasteiger partial charge is 0.387 e. The maximum atomic E-state index is 12.5. The number of rotatable bonds is 11. The SMILES string of the molecule is CCNC(=NCc1cc(C)ccc1OC(F)F)NCCCCOCC.I. The molecule has 0 radical (unpaired) electrons. The highest BCUT2D eigenvalue weighted by molar-refractivity contribution is 14.0. The molecule has 0 aromatic heterocycles. The number of hydrogen-bond donors (Lipinski definition) is 2. The average molecular weight is 485 g/mol. The van der Waals surface area contributed by atoms with Crippen LogP contribution in [0.25, 0.3) is 0 Å². The van der Waals surface area contributed by atoms with Gasteiger partial charge in [0.05, 0.1) is 6.54 Å². The zero-order valence-electron chi connectivity index (χ0n) is 15.7. The van der Waals surface area contributed by atoms with Crippen LogP contribution in [0.2, 0.25) is 0 Å². The second kappa shape index (κ2) is 15.0. The molecule has 0 saturated heterocycles. The predicted octanol–water partition coefficient (Wildman–Crippen LogP) is 4.09. The van der Waals surface area contributed by atoms with Gasteiger partial charge in [-0.25, -0.2) is 4.99 Å². The number of unbranched alkanes of at least 4 members (excludes halogenated alkanes) is 1. The lowest BCUT2D eigenvalue weighted by Crippen LogP contribution is -2.37. The molecule has 5 nitrogen and oxygen atoms in total. The third-order valence-electron chi connectivity index (χ3n) is 3.40. The van der Waals surface area contributed by atoms with Crippen molar-refractivity contribution < 1.29 is 18.3 Å². The summed E-state index contributed by atoms with van der Waals surface area (Å²) in [4.78, 5) is 4.47. The molecule has 0 heterocycles. The molecule has 0 fully saturated rings. The number of benzene rings is 1. The van der Waals surface area contributed by atoms with Gasteiger partial charge in [-0.2, -0.15) is 8.78 Å². The highest BCUT2D eigenvalue weighted by Crippen LogP contribution is 2.22. The number of nitrogens with zero attached hydrogens (tertiary/aromatic N) is 1. The molecule has 0 spiro atoms. The number of aryl methyl sites for hydroxylation is 1. The van der Waals surface area contributed by atoms with Crippen molar-refractivity contribution in [3.05, 3.63) is 29.3 Å². The molecule has 1 aromatic carbocycles. The summed E-state index contributed by atoms with van der Waals surface area (Å²) in [6, 6.07) is 5.11. The minimum atomic E-state index is -2.85. The number of nitrogens with one attached hydrogen (secondary N) is 2. The fourth-order valence-electron chi connectivity index (χ4n) is 2.23. The van der Waals surface area contributed by atoms with Crippen LogP contribution in [0, 0.1) is 6.92 Å². The van der Waals surface area contributed by atoms with Crippen LogP contribution >= 0.6 is 24.0 Å². The van der Waals surface area contributed by atoms with Crippen molar-refractivity contribution in [2.24, 2.45) is 4.99 Å². The maximum Gasteiger partial charge on any atom is 0.387 e. The van der Waals surface area contributed by atoms with Gasteiger partial charge in [0.1, 0.15) is 5.75 Å². The molecule has 0 saturated carbocycles. The van der Waals surface area contributed by atoms with Gasteiger partial charge in [-0.15, -0.1) is 24.0 Å². The summed E-state index contributed by atoms with van der Waals surface area (Å²) in [5.41, 5.74) is 1.61. The third kappa shape index (κ3) is 10.7. The zero-order chi connectivity index (χ0) is 18.5. The number of guanidine groups is 1. The number of aliphatic imine (C=N–C) groups is 1. The second-order valence-electron chi connectivity index (χ2n) is 5.52. The predicted molar refractivity (Wildman–Crippen MR) is 112 cm³/mol. The highest BCUT2D eigenvalue weighted by atomic mass is 127. The quantitative estimate of drug-likeness (QED) is 0.215. The van der Waals surface area contributed by atoms with Crippen LogP contribution in [-0.4, -0.2) is 38.9 Å². The molecule has 0 aliphatic carbocycles. The summed E-state index contributed by atoms with van der Waals surface area (Å²) in [6.45, 7) is 6.25. The molecule has 0 atom stereocenters. The monoisotopic (exact) mass is 485 g/mol. The van der Waals surface area contributed by atoms with E-state index in [4.69, 9.17) is 4.74 Å². The Kier molecular flexibility index (Phi) is 14.3. The van der Waals surface area contributed by atoms with E-state index in [1.54, 1.807) is 12.1 Å². The first-order valence-electron chi connectivity index (χ1n) is 8.71. The number of hydrogen-bond acceptors (Lipinski definition) is 3. The average Bonchev–Trinajstić information content (AvgIpc) is 2.57. The van der Waals surface area contributed by atoms with Crippen molar-refractivity contribution in [2.45, 2.75) is 46.8 Å². The van der Waals surface area contributed by atoms with Crippen LogP contribution in [0.1, 0.15) is 37.8 Å². The lowest BCUT2D eigenvalue weighted by atomic mass is 10.1. The van der Waals surface area contributed by atoms with Gasteiger partial charge in [-0.05, 0) is 39.7 Å². The van der Waals surface area contributed by atoms with E-state index in [2.05, 4.69) is 20.4 Å². The summed E-state index contributed by atoms with van der Waals surface area (Å²) < 4.78 is 34.9. The second-order valence-corrected chi connectivity index (χ2v) is 5.52. The molecule has 1 rings (SSSR count). The minimum absolute atomic E-state index is 0. The van der Waals surface area contributed by atoms with Gasteiger partial charge in [0, 0.05) is 31.9 Å². The topological polar surface area (TPSA) is 54.9 Å². The molecular weight excluding hydrogens is 455 g/mol. The lowest BCUT2D eigenvalue weighted by Gasteiger charge is -2.13. The van der Waals surface area contributed by atoms with E-state index in [1.807, 2.05) is 26.8 Å². The van der Waals surface area contributed by atoms with Crippen molar-refractivity contribution in [2.75, 3.05) is 26.3 Å². The molecule has 8 heteroatoms. The van der Waals surface area contributed by atoms with Crippen molar-refractivity contribution in [3.63, 3.8) is 0 Å². The van der Waals surface area contributed by atoms with Crippen LogP contribution in [0.3, 0.4) is 0 Å². The van der Waals surface area contributed by atoms with E-state index in [1.165, 1.54) is 0 Å². The standard InChI is InChI=1S/C18H29F2N3O2.HI/c1-4-21-18(22-10-6-7-11-24-5-2)23-13-15-12-14(3)8-9-16(15)25-17(19)20;/h8-9,12,17H,4-7,10-11,13H2,1-3H3,(H2,21,22,23);1H. The number of ether oxygens (including phenoxy) is 2. The molecule has 0 bridgehead atoms. The van der Waals surface area contributed by atoms with Gasteiger partial charge in [-0.1, -0.05) is 17.7 Å². The van der Waals surface area contributed by atoms with Gasteiger partial charge in [-0.3, -0.25) is 0 Å². The Labute approximate surface area is 172 Å². The normalized spacial score (nSPS) is 11.2. The molecule has 0 amide bonds. The zero-order valence-corrected chi connectivity index (χ0v) is 18.0. The maximum absolute atomic E-state index is 12.5. The van der Waals surface area contributed by atoms with Crippen LogP contribution < -0.4 is 15.4 Å². The number of alkyl halides is 2. The van der Waals surface area contributed by atoms with E-state index in [-0.39, 0.29) is 36.3 Å². The Bertz CT molecular complexity index is 531. The highest BCUT2D eigenvalue weighted by Gasteiger charge is 2.10. The lowest BCUT2D eigenvalue weighted by molar-refractivity contribution is -0.0504. The Morgan fingerprint density at radius 3 is 2.62 bits per heavy atom. The number of halogens is 3. The molecular formula is C18H30F2IN3O2. The first-order chi connectivity index (χ1) is 12.1. The van der Waals surface area contributed by atoms with Crippen LogP contribution in [-0.2, 0) is 11.3 Å². The van der Waals surface area contributed by atoms with Crippen molar-refractivity contribution in [1.82, 2.24) is 10.6 Å². The summed E-state index contributed by atoms with van der Waals surface area (Å²) in [5.74, 6) is 0.820. The molecule has 0 aliphatic rings. The van der Waals surface area contributed by atoms with Crippen LogP contribution in [0.4, 0.5) is 8.78 Å². The van der Waals surface area contributed by atoms with Crippen molar-refractivity contribution in [3.8, 4) is 5.75 Å². The van der Waals surface area contributed by atoms with Crippen LogP contribution in [0.15, 0.2) is 23.2 Å². The Morgan fingerprint density at radius 1 is 1.19 bits per heavy atom. The molecule has 26 heavy (non-hydrogen) atoms. The summed E-state index contributed by atoms with van der Waals surface area (Å²) >= 11 is 0. The van der Waals surface area contributed by atoms with Crippen molar-refractivity contribution >= 4 is 29.9 Å². The first kappa shape index (κ1) is 24.8. The van der Waals surface area contributed by atoms with E-state index in [0.717, 1.165) is 44.7 Å². The molecule has 0 aliphatic heterocycles. The van der Waals surface area contributed by atoms with E-state index in [0.29, 0.717) is 11.5 Å². The minimum Gasteiger partial charge on any atom is -0.434 e. The molecule has 150 valence electrons. The first-order valence-corrected chi connectivity index (χ1v) is 8.71. The Balaban J connectivity index is 0.00000625. The summed E-state index contributed by atoms with van der Waals surface area (Å²) in [5, 5.41) is 6.39. The van der Waals surface area contributed by atoms with E-state index < -0.39 is 6.61 Å². The summed E-state index contributed by atoms with van der Waals surface area (Å²) in [6.07, 6.45) is 1.94. The largest absolute Gasteiger partial charge is 0.434 e. The van der Waals surface area contributed by atoms with Gasteiger partial charge in [0.25, 0.3) is 0 Å². The van der Waals surface area contributed by atoms with E-state index >= 15 is 0 Å². The Morgan fingerprint density at radius 2 is 1.96 bits per heavy atom. The fourth-order valence-corrected chi connectivity index (χ4v) is 2.23. The third-order valence-corrected chi connectivity index (χ3v) is 3.40. The van der Waals surface area contributed by atoms with Gasteiger partial charge < -0.3 is 20.1 Å². The fraction of sp³-hybridized carbons (Fsp3) is 0.611. The van der Waals surface area contributed by atoms with Gasteiger partial charge in [0.2, 0.25) is 0 Å². The van der Waals surface area contributed by atoms with Gasteiger partial charge >= 0.3 is 6.61 Å². The summed E-state index contributed by atoms with van der Waals surface area (Å²) in [7, 11) is 0. The Hall–Kier alpha value is -1.16.